The molecular weight excluding hydrogens is 410 g/mol. The quantitative estimate of drug-likeness (QED) is 0.648. The van der Waals surface area contributed by atoms with Gasteiger partial charge in [-0.2, -0.15) is 0 Å². The summed E-state index contributed by atoms with van der Waals surface area (Å²) in [5.41, 5.74) is 4.78. The van der Waals surface area contributed by atoms with Gasteiger partial charge >= 0.3 is 0 Å². The van der Waals surface area contributed by atoms with Crippen molar-refractivity contribution < 1.29 is 9.84 Å². The number of rotatable bonds is 4. The Morgan fingerprint density at radius 3 is 2.71 bits per heavy atom. The molecule has 1 saturated heterocycles. The van der Waals surface area contributed by atoms with E-state index in [1.807, 2.05) is 0 Å². The highest BCUT2D eigenvalue weighted by molar-refractivity contribution is 7.91. The lowest BCUT2D eigenvalue weighted by Crippen LogP contribution is -2.51. The SMILES string of the molecule is O=S1(=O)CCN([C@H]2CCc3ccccc3[C@@H]2Nc2ncnc3[nH]c(C4CC4)cc23)CC1.[HH]. The Morgan fingerprint density at radius 2 is 1.90 bits per heavy atom. The van der Waals surface area contributed by atoms with Crippen molar-refractivity contribution in [1.29, 1.82) is 0 Å². The Balaban J connectivity index is 0.00000216. The number of benzene rings is 1. The number of aryl methyl sites for hydroxylation is 1. The largest absolute Gasteiger partial charge is 0.361 e. The maximum atomic E-state index is 12.0. The average Bonchev–Trinajstić information content (AvgIpc) is 3.53. The topological polar surface area (TPSA) is 91.0 Å². The number of anilines is 1. The Morgan fingerprint density at radius 1 is 1.10 bits per heavy atom. The fraction of sp³-hybridized carbons (Fsp3) is 0.478. The molecule has 0 radical (unpaired) electrons. The van der Waals surface area contributed by atoms with Crippen LogP contribution >= 0.6 is 0 Å². The fourth-order valence-electron chi connectivity index (χ4n) is 5.20. The highest BCUT2D eigenvalue weighted by Crippen LogP contribution is 2.42. The predicted octanol–water partition coefficient (Wildman–Crippen LogP) is 3.28. The molecule has 1 saturated carbocycles. The number of nitrogens with zero attached hydrogens (tertiary/aromatic N) is 3. The van der Waals surface area contributed by atoms with E-state index in [4.69, 9.17) is 0 Å². The van der Waals surface area contributed by atoms with Crippen molar-refractivity contribution in [1.82, 2.24) is 19.9 Å². The lowest BCUT2D eigenvalue weighted by molar-refractivity contribution is 0.174. The van der Waals surface area contributed by atoms with Crippen LogP contribution in [0.5, 0.6) is 0 Å². The number of aromatic amines is 1. The van der Waals surface area contributed by atoms with Gasteiger partial charge in [0.05, 0.1) is 22.9 Å². The van der Waals surface area contributed by atoms with Crippen molar-refractivity contribution in [2.45, 2.75) is 43.7 Å². The van der Waals surface area contributed by atoms with Gasteiger partial charge in [0.1, 0.15) is 17.8 Å². The molecule has 2 atom stereocenters. The van der Waals surface area contributed by atoms with Gasteiger partial charge in [-0.3, -0.25) is 4.90 Å². The summed E-state index contributed by atoms with van der Waals surface area (Å²) in [6.45, 7) is 1.20. The van der Waals surface area contributed by atoms with Crippen LogP contribution in [0.1, 0.15) is 49.5 Å². The van der Waals surface area contributed by atoms with Gasteiger partial charge in [0.25, 0.3) is 0 Å². The normalized spacial score (nSPS) is 25.9. The first-order chi connectivity index (χ1) is 15.1. The molecule has 8 heteroatoms. The van der Waals surface area contributed by atoms with Crippen molar-refractivity contribution in [3.63, 3.8) is 0 Å². The van der Waals surface area contributed by atoms with Crippen molar-refractivity contribution in [3.8, 4) is 0 Å². The number of H-pyrrole nitrogens is 1. The van der Waals surface area contributed by atoms with Gasteiger partial charge in [-0.25, -0.2) is 18.4 Å². The lowest BCUT2D eigenvalue weighted by Gasteiger charge is -2.43. The molecule has 0 bridgehead atoms. The summed E-state index contributed by atoms with van der Waals surface area (Å²) in [6.07, 6.45) is 6.10. The summed E-state index contributed by atoms with van der Waals surface area (Å²) >= 11 is 0. The molecule has 2 aromatic heterocycles. The fourth-order valence-corrected chi connectivity index (χ4v) is 6.43. The molecule has 2 fully saturated rings. The highest BCUT2D eigenvalue weighted by atomic mass is 32.2. The Kier molecular flexibility index (Phi) is 4.54. The first-order valence-electron chi connectivity index (χ1n) is 11.2. The van der Waals surface area contributed by atoms with Crippen LogP contribution in [-0.2, 0) is 16.3 Å². The zero-order chi connectivity index (χ0) is 21.0. The third-order valence-corrected chi connectivity index (χ3v) is 8.70. The summed E-state index contributed by atoms with van der Waals surface area (Å²) in [5.74, 6) is 1.97. The summed E-state index contributed by atoms with van der Waals surface area (Å²) in [5, 5.41) is 4.79. The monoisotopic (exact) mass is 439 g/mol. The molecular formula is C23H29N5O2S. The zero-order valence-electron chi connectivity index (χ0n) is 17.4. The van der Waals surface area contributed by atoms with E-state index < -0.39 is 9.84 Å². The molecule has 0 amide bonds. The number of aromatic nitrogens is 3. The van der Waals surface area contributed by atoms with Crippen LogP contribution in [0, 0.1) is 0 Å². The van der Waals surface area contributed by atoms with Crippen LogP contribution in [0.2, 0.25) is 0 Å². The molecule has 0 spiro atoms. The van der Waals surface area contributed by atoms with E-state index >= 15 is 0 Å². The second-order valence-corrected chi connectivity index (χ2v) is 11.4. The standard InChI is InChI=1S/C23H27N5O2S.H2/c29-31(30)11-9-28(10-12-31)20-8-7-15-3-1-2-4-17(15)21(20)27-23-18-13-19(16-5-6-16)26-22(18)24-14-25-23;/h1-4,13-14,16,20-21H,5-12H2,(H2,24,25,26,27);1H/t20-,21-;/m0./s1. The van der Waals surface area contributed by atoms with E-state index in [1.165, 1.54) is 29.7 Å². The first-order valence-corrected chi connectivity index (χ1v) is 13.0. The third-order valence-electron chi connectivity index (χ3n) is 7.09. The molecule has 0 unspecified atom stereocenters. The molecule has 6 rings (SSSR count). The summed E-state index contributed by atoms with van der Waals surface area (Å²) in [7, 11) is -2.91. The number of nitrogens with one attached hydrogen (secondary N) is 2. The van der Waals surface area contributed by atoms with Gasteiger partial charge < -0.3 is 10.3 Å². The van der Waals surface area contributed by atoms with E-state index in [-0.39, 0.29) is 25.0 Å². The average molecular weight is 440 g/mol. The van der Waals surface area contributed by atoms with E-state index in [1.54, 1.807) is 6.33 Å². The van der Waals surface area contributed by atoms with Gasteiger partial charge in [0, 0.05) is 26.3 Å². The van der Waals surface area contributed by atoms with Crippen LogP contribution in [0.15, 0.2) is 36.7 Å². The van der Waals surface area contributed by atoms with Crippen LogP contribution in [0.25, 0.3) is 11.0 Å². The Hall–Kier alpha value is -2.45. The zero-order valence-corrected chi connectivity index (χ0v) is 18.2. The number of fused-ring (bicyclic) bond motifs is 2. The Bertz CT molecular complexity index is 1230. The molecule has 2 aliphatic carbocycles. The number of sulfone groups is 1. The minimum Gasteiger partial charge on any atom is -0.361 e. The lowest BCUT2D eigenvalue weighted by atomic mass is 9.83. The molecule has 3 aromatic rings. The molecule has 31 heavy (non-hydrogen) atoms. The molecule has 3 aliphatic rings. The highest BCUT2D eigenvalue weighted by Gasteiger charge is 2.36. The summed E-state index contributed by atoms with van der Waals surface area (Å²) < 4.78 is 24.0. The van der Waals surface area contributed by atoms with Crippen LogP contribution in [0.3, 0.4) is 0 Å². The Labute approximate surface area is 183 Å². The second-order valence-electron chi connectivity index (χ2n) is 9.10. The minimum absolute atomic E-state index is 0. The van der Waals surface area contributed by atoms with Gasteiger partial charge in [0.15, 0.2) is 9.84 Å². The second kappa shape index (κ2) is 7.31. The van der Waals surface area contributed by atoms with Gasteiger partial charge in [-0.15, -0.1) is 0 Å². The van der Waals surface area contributed by atoms with E-state index in [9.17, 15) is 8.42 Å². The van der Waals surface area contributed by atoms with Crippen molar-refractivity contribution >= 4 is 26.7 Å². The first kappa shape index (κ1) is 19.3. The number of hydrogen-bond acceptors (Lipinski definition) is 6. The van der Waals surface area contributed by atoms with Crippen LogP contribution < -0.4 is 5.32 Å². The predicted molar refractivity (Wildman–Crippen MR) is 123 cm³/mol. The van der Waals surface area contributed by atoms with Crippen molar-refractivity contribution in [3.05, 3.63) is 53.5 Å². The minimum atomic E-state index is -2.91. The molecule has 1 aliphatic heterocycles. The maximum absolute atomic E-state index is 12.0. The molecule has 2 N–H and O–H groups in total. The smallest absolute Gasteiger partial charge is 0.152 e. The summed E-state index contributed by atoms with van der Waals surface area (Å²) in [4.78, 5) is 14.9. The van der Waals surface area contributed by atoms with Gasteiger partial charge in [0.2, 0.25) is 0 Å². The number of hydrogen-bond donors (Lipinski definition) is 2. The van der Waals surface area contributed by atoms with Crippen LogP contribution in [0.4, 0.5) is 5.82 Å². The summed E-state index contributed by atoms with van der Waals surface area (Å²) in [6, 6.07) is 11.1. The molecule has 7 nitrogen and oxygen atoms in total. The van der Waals surface area contributed by atoms with E-state index in [0.29, 0.717) is 19.0 Å². The third kappa shape index (κ3) is 3.61. The molecule has 3 heterocycles. The molecule has 164 valence electrons. The van der Waals surface area contributed by atoms with E-state index in [0.717, 1.165) is 29.7 Å². The molecule has 1 aromatic carbocycles. The van der Waals surface area contributed by atoms with Crippen LogP contribution in [-0.4, -0.2) is 58.9 Å². The van der Waals surface area contributed by atoms with Gasteiger partial charge in [-0.05, 0) is 48.8 Å². The van der Waals surface area contributed by atoms with Gasteiger partial charge in [-0.1, -0.05) is 24.3 Å². The maximum Gasteiger partial charge on any atom is 0.152 e. The van der Waals surface area contributed by atoms with E-state index in [2.05, 4.69) is 55.5 Å². The van der Waals surface area contributed by atoms with Crippen molar-refractivity contribution in [2.24, 2.45) is 0 Å². The van der Waals surface area contributed by atoms with Crippen molar-refractivity contribution in [2.75, 3.05) is 29.9 Å².